The lowest BCUT2D eigenvalue weighted by Gasteiger charge is -2.30. The van der Waals surface area contributed by atoms with Crippen LogP contribution in [-0.4, -0.2) is 52.1 Å². The molecule has 0 aromatic heterocycles. The Kier molecular flexibility index (Phi) is 8.45. The minimum Gasteiger partial charge on any atom is -0.352 e. The molecule has 0 aliphatic carbocycles. The van der Waals surface area contributed by atoms with E-state index in [0.717, 1.165) is 12.0 Å². The van der Waals surface area contributed by atoms with E-state index in [9.17, 15) is 19.2 Å². The average Bonchev–Trinajstić information content (AvgIpc) is 3.07. The number of carbonyl (C=O) groups excluding carboxylic acids is 4. The maximum absolute atomic E-state index is 13.2. The highest BCUT2D eigenvalue weighted by molar-refractivity contribution is 6.30. The van der Waals surface area contributed by atoms with E-state index in [0.29, 0.717) is 22.6 Å². The highest BCUT2D eigenvalue weighted by Crippen LogP contribution is 2.23. The smallest absolute Gasteiger partial charge is 0.261 e. The van der Waals surface area contributed by atoms with Gasteiger partial charge in [0.1, 0.15) is 6.04 Å². The van der Waals surface area contributed by atoms with Crippen LogP contribution in [0.5, 0.6) is 0 Å². The topological polar surface area (TPSA) is 86.8 Å². The largest absolute Gasteiger partial charge is 0.352 e. The molecule has 0 saturated heterocycles. The molecule has 0 spiro atoms. The van der Waals surface area contributed by atoms with Gasteiger partial charge in [-0.2, -0.15) is 0 Å². The Balaban J connectivity index is 1.68. The molecule has 3 rings (SSSR count). The number of benzene rings is 2. The van der Waals surface area contributed by atoms with Crippen LogP contribution < -0.4 is 5.32 Å². The molecular formula is C26H30ClN3O4. The van der Waals surface area contributed by atoms with Gasteiger partial charge >= 0.3 is 0 Å². The molecule has 1 aliphatic heterocycles. The van der Waals surface area contributed by atoms with Crippen LogP contribution in [0.2, 0.25) is 5.02 Å². The third-order valence-corrected chi connectivity index (χ3v) is 6.30. The van der Waals surface area contributed by atoms with Gasteiger partial charge in [-0.3, -0.25) is 24.1 Å². The van der Waals surface area contributed by atoms with Gasteiger partial charge in [0.2, 0.25) is 11.8 Å². The van der Waals surface area contributed by atoms with Gasteiger partial charge in [-0.15, -0.1) is 0 Å². The van der Waals surface area contributed by atoms with Crippen LogP contribution in [0.15, 0.2) is 48.5 Å². The quantitative estimate of drug-likeness (QED) is 0.516. The van der Waals surface area contributed by atoms with Gasteiger partial charge in [0.05, 0.1) is 11.1 Å². The Morgan fingerprint density at radius 1 is 1.03 bits per heavy atom. The Hall–Kier alpha value is -3.19. The number of imide groups is 1. The fourth-order valence-electron chi connectivity index (χ4n) is 3.85. The second-order valence-electron chi connectivity index (χ2n) is 8.56. The molecule has 0 fully saturated rings. The molecule has 2 aromatic carbocycles. The number of nitrogens with one attached hydrogen (secondary N) is 1. The molecule has 1 heterocycles. The number of rotatable bonds is 10. The summed E-state index contributed by atoms with van der Waals surface area (Å²) in [5.41, 5.74) is 1.58. The second kappa shape index (κ2) is 11.3. The van der Waals surface area contributed by atoms with Crippen LogP contribution in [0.3, 0.4) is 0 Å². The molecule has 1 N–H and O–H groups in total. The third kappa shape index (κ3) is 5.83. The number of nitrogens with zero attached hydrogens (tertiary/aromatic N) is 2. The predicted molar refractivity (Wildman–Crippen MR) is 130 cm³/mol. The molecule has 0 unspecified atom stereocenters. The molecule has 0 saturated carbocycles. The zero-order chi connectivity index (χ0) is 24.8. The van der Waals surface area contributed by atoms with Gasteiger partial charge in [0.25, 0.3) is 11.8 Å². The minimum atomic E-state index is -0.695. The maximum atomic E-state index is 13.2. The van der Waals surface area contributed by atoms with Crippen molar-refractivity contribution >= 4 is 35.2 Å². The van der Waals surface area contributed by atoms with E-state index in [1.807, 2.05) is 19.9 Å². The van der Waals surface area contributed by atoms with E-state index in [-0.39, 0.29) is 49.2 Å². The first-order chi connectivity index (χ1) is 16.2. The molecular weight excluding hydrogens is 454 g/mol. The van der Waals surface area contributed by atoms with E-state index in [1.54, 1.807) is 49.4 Å². The molecule has 34 heavy (non-hydrogen) atoms. The SMILES string of the molecule is CC[C@@H](C)NC(=O)[C@H](C)N(Cc1cccc(Cl)c1)C(=O)CCCN1C(=O)c2ccccc2C1=O. The van der Waals surface area contributed by atoms with E-state index in [1.165, 1.54) is 9.80 Å². The molecule has 8 heteroatoms. The van der Waals surface area contributed by atoms with Crippen LogP contribution in [0, 0.1) is 0 Å². The van der Waals surface area contributed by atoms with E-state index in [4.69, 9.17) is 11.6 Å². The zero-order valence-corrected chi connectivity index (χ0v) is 20.5. The van der Waals surface area contributed by atoms with E-state index in [2.05, 4.69) is 5.32 Å². The number of amides is 4. The summed E-state index contributed by atoms with van der Waals surface area (Å²) in [6.45, 7) is 5.95. The Morgan fingerprint density at radius 3 is 2.26 bits per heavy atom. The number of halogens is 1. The summed E-state index contributed by atoms with van der Waals surface area (Å²) in [5, 5.41) is 3.48. The predicted octanol–water partition coefficient (Wildman–Crippen LogP) is 4.05. The normalized spacial score (nSPS) is 14.5. The summed E-state index contributed by atoms with van der Waals surface area (Å²) in [5.74, 6) is -1.15. The Morgan fingerprint density at radius 2 is 1.68 bits per heavy atom. The van der Waals surface area contributed by atoms with Crippen LogP contribution in [0.25, 0.3) is 0 Å². The summed E-state index contributed by atoms with van der Waals surface area (Å²) in [6, 6.07) is 13.2. The van der Waals surface area contributed by atoms with Crippen LogP contribution in [0.4, 0.5) is 0 Å². The number of hydrogen-bond donors (Lipinski definition) is 1. The zero-order valence-electron chi connectivity index (χ0n) is 19.7. The highest BCUT2D eigenvalue weighted by atomic mass is 35.5. The number of carbonyl (C=O) groups is 4. The fourth-order valence-corrected chi connectivity index (χ4v) is 4.07. The fraction of sp³-hybridized carbons (Fsp3) is 0.385. The van der Waals surface area contributed by atoms with Gasteiger partial charge < -0.3 is 10.2 Å². The first-order valence-electron chi connectivity index (χ1n) is 11.5. The maximum Gasteiger partial charge on any atom is 0.261 e. The van der Waals surface area contributed by atoms with Crippen LogP contribution >= 0.6 is 11.6 Å². The average molecular weight is 484 g/mol. The molecule has 7 nitrogen and oxygen atoms in total. The van der Waals surface area contributed by atoms with Crippen molar-refractivity contribution in [3.05, 3.63) is 70.2 Å². The monoisotopic (exact) mass is 483 g/mol. The van der Waals surface area contributed by atoms with Crippen molar-refractivity contribution in [2.75, 3.05) is 6.54 Å². The number of hydrogen-bond acceptors (Lipinski definition) is 4. The Bertz CT molecular complexity index is 1050. The summed E-state index contributed by atoms with van der Waals surface area (Å²) >= 11 is 6.11. The van der Waals surface area contributed by atoms with Crippen molar-refractivity contribution in [1.29, 1.82) is 0 Å². The third-order valence-electron chi connectivity index (χ3n) is 6.06. The van der Waals surface area contributed by atoms with Crippen LogP contribution in [0.1, 0.15) is 66.3 Å². The molecule has 0 bridgehead atoms. The van der Waals surface area contributed by atoms with Gasteiger partial charge in [-0.05, 0) is 56.5 Å². The molecule has 180 valence electrons. The van der Waals surface area contributed by atoms with Crippen LogP contribution in [-0.2, 0) is 16.1 Å². The molecule has 0 radical (unpaired) electrons. The lowest BCUT2D eigenvalue weighted by Crippen LogP contribution is -2.49. The summed E-state index contributed by atoms with van der Waals surface area (Å²) in [4.78, 5) is 53.8. The van der Waals surface area contributed by atoms with Crippen molar-refractivity contribution < 1.29 is 19.2 Å². The standard InChI is InChI=1S/C26H30ClN3O4/c1-4-17(2)28-24(32)18(3)30(16-19-9-7-10-20(27)15-19)23(31)13-8-14-29-25(33)21-11-5-6-12-22(21)26(29)34/h5-7,9-12,15,17-18H,4,8,13-14,16H2,1-3H3,(H,28,32)/t17-,18+/m1/s1. The van der Waals surface area contributed by atoms with Gasteiger partial charge in [-0.1, -0.05) is 42.8 Å². The van der Waals surface area contributed by atoms with Crippen molar-refractivity contribution in [3.8, 4) is 0 Å². The summed E-state index contributed by atoms with van der Waals surface area (Å²) < 4.78 is 0. The molecule has 2 atom stereocenters. The molecule has 2 aromatic rings. The minimum absolute atomic E-state index is 0.00750. The lowest BCUT2D eigenvalue weighted by molar-refractivity contribution is -0.141. The first kappa shape index (κ1) is 25.4. The highest BCUT2D eigenvalue weighted by Gasteiger charge is 2.35. The van der Waals surface area contributed by atoms with Gasteiger partial charge in [0.15, 0.2) is 0 Å². The van der Waals surface area contributed by atoms with Crippen molar-refractivity contribution in [3.63, 3.8) is 0 Å². The molecule has 4 amide bonds. The van der Waals surface area contributed by atoms with E-state index >= 15 is 0 Å². The first-order valence-corrected chi connectivity index (χ1v) is 11.9. The van der Waals surface area contributed by atoms with Crippen molar-refractivity contribution in [1.82, 2.24) is 15.1 Å². The summed E-state index contributed by atoms with van der Waals surface area (Å²) in [7, 11) is 0. The van der Waals surface area contributed by atoms with Gasteiger partial charge in [0, 0.05) is 30.6 Å². The van der Waals surface area contributed by atoms with Crippen molar-refractivity contribution in [2.45, 2.75) is 58.7 Å². The summed E-state index contributed by atoms with van der Waals surface area (Å²) in [6.07, 6.45) is 1.17. The second-order valence-corrected chi connectivity index (χ2v) is 8.99. The van der Waals surface area contributed by atoms with Crippen molar-refractivity contribution in [2.24, 2.45) is 0 Å². The number of fused-ring (bicyclic) bond motifs is 1. The molecule has 1 aliphatic rings. The Labute approximate surface area is 205 Å². The van der Waals surface area contributed by atoms with E-state index < -0.39 is 6.04 Å². The van der Waals surface area contributed by atoms with Gasteiger partial charge in [-0.25, -0.2) is 0 Å². The lowest BCUT2D eigenvalue weighted by atomic mass is 10.1.